The van der Waals surface area contributed by atoms with Crippen molar-refractivity contribution < 1.29 is 8.42 Å². The van der Waals surface area contributed by atoms with Gasteiger partial charge in [0.25, 0.3) is 0 Å². The fraction of sp³-hybridized carbons (Fsp3) is 0.500. The number of sulfonamides is 1. The smallest absolute Gasteiger partial charge is 0.211 e. The summed E-state index contributed by atoms with van der Waals surface area (Å²) < 4.78 is 27.0. The van der Waals surface area contributed by atoms with Crippen molar-refractivity contribution in [2.45, 2.75) is 19.4 Å². The summed E-state index contributed by atoms with van der Waals surface area (Å²) in [5.41, 5.74) is 0.941. The van der Waals surface area contributed by atoms with Crippen molar-refractivity contribution in [1.29, 1.82) is 0 Å². The SMILES string of the molecule is CNCCCCS(=O)(=O)NCc1ccccc1Br. The molecule has 1 aromatic rings. The summed E-state index contributed by atoms with van der Waals surface area (Å²) in [5.74, 6) is 0.180. The van der Waals surface area contributed by atoms with E-state index in [0.717, 1.165) is 23.0 Å². The third kappa shape index (κ3) is 5.95. The van der Waals surface area contributed by atoms with Crippen molar-refractivity contribution in [2.75, 3.05) is 19.3 Å². The fourth-order valence-corrected chi connectivity index (χ4v) is 3.02. The molecule has 0 aliphatic rings. The van der Waals surface area contributed by atoms with Crippen LogP contribution in [0.4, 0.5) is 0 Å². The zero-order valence-electron chi connectivity index (χ0n) is 10.4. The van der Waals surface area contributed by atoms with E-state index in [4.69, 9.17) is 0 Å². The van der Waals surface area contributed by atoms with E-state index in [1.807, 2.05) is 31.3 Å². The van der Waals surface area contributed by atoms with Gasteiger partial charge in [-0.3, -0.25) is 0 Å². The molecule has 18 heavy (non-hydrogen) atoms. The lowest BCUT2D eigenvalue weighted by Gasteiger charge is -2.08. The quantitative estimate of drug-likeness (QED) is 0.713. The van der Waals surface area contributed by atoms with Crippen LogP contribution in [0.2, 0.25) is 0 Å². The van der Waals surface area contributed by atoms with E-state index in [9.17, 15) is 8.42 Å². The molecular formula is C12H19BrN2O2S. The molecule has 0 atom stereocenters. The van der Waals surface area contributed by atoms with Crippen LogP contribution in [0.1, 0.15) is 18.4 Å². The maximum absolute atomic E-state index is 11.7. The number of halogens is 1. The van der Waals surface area contributed by atoms with Crippen LogP contribution in [0, 0.1) is 0 Å². The molecular weight excluding hydrogens is 316 g/mol. The predicted octanol–water partition coefficient (Wildman–Crippen LogP) is 1.87. The summed E-state index contributed by atoms with van der Waals surface area (Å²) in [5, 5.41) is 3.00. The molecule has 0 saturated heterocycles. The first-order chi connectivity index (χ1) is 8.55. The van der Waals surface area contributed by atoms with Crippen molar-refractivity contribution in [1.82, 2.24) is 10.0 Å². The largest absolute Gasteiger partial charge is 0.320 e. The first kappa shape index (κ1) is 15.6. The molecule has 0 bridgehead atoms. The molecule has 6 heteroatoms. The predicted molar refractivity (Wildman–Crippen MR) is 77.9 cm³/mol. The molecule has 0 amide bonds. The summed E-state index contributed by atoms with van der Waals surface area (Å²) >= 11 is 3.39. The Morgan fingerprint density at radius 1 is 1.22 bits per heavy atom. The van der Waals surface area contributed by atoms with Crippen molar-refractivity contribution in [3.8, 4) is 0 Å². The molecule has 0 spiro atoms. The topological polar surface area (TPSA) is 58.2 Å². The Morgan fingerprint density at radius 2 is 1.94 bits per heavy atom. The highest BCUT2D eigenvalue weighted by atomic mass is 79.9. The Kier molecular flexibility index (Phi) is 6.85. The van der Waals surface area contributed by atoms with E-state index < -0.39 is 10.0 Å². The van der Waals surface area contributed by atoms with Crippen LogP contribution < -0.4 is 10.0 Å². The highest BCUT2D eigenvalue weighted by Gasteiger charge is 2.10. The third-order valence-electron chi connectivity index (χ3n) is 2.53. The number of nitrogens with one attached hydrogen (secondary N) is 2. The number of hydrogen-bond acceptors (Lipinski definition) is 3. The maximum Gasteiger partial charge on any atom is 0.211 e. The van der Waals surface area contributed by atoms with E-state index in [1.165, 1.54) is 0 Å². The van der Waals surface area contributed by atoms with Crippen molar-refractivity contribution >= 4 is 26.0 Å². The first-order valence-corrected chi connectivity index (χ1v) is 8.35. The number of rotatable bonds is 8. The standard InChI is InChI=1S/C12H19BrN2O2S/c1-14-8-4-5-9-18(16,17)15-10-11-6-2-3-7-12(11)13/h2-3,6-7,14-15H,4-5,8-10H2,1H3. The van der Waals surface area contributed by atoms with Gasteiger partial charge in [0, 0.05) is 11.0 Å². The van der Waals surface area contributed by atoms with Crippen LogP contribution in [0.25, 0.3) is 0 Å². The van der Waals surface area contributed by atoms with Gasteiger partial charge in [0.2, 0.25) is 10.0 Å². The van der Waals surface area contributed by atoms with E-state index >= 15 is 0 Å². The van der Waals surface area contributed by atoms with Gasteiger partial charge in [0.15, 0.2) is 0 Å². The second kappa shape index (κ2) is 7.89. The molecule has 0 heterocycles. The molecule has 2 N–H and O–H groups in total. The van der Waals surface area contributed by atoms with Gasteiger partial charge in [-0.1, -0.05) is 34.1 Å². The minimum absolute atomic E-state index is 0.180. The van der Waals surface area contributed by atoms with E-state index in [2.05, 4.69) is 26.0 Å². The fourth-order valence-electron chi connectivity index (χ4n) is 1.50. The van der Waals surface area contributed by atoms with Crippen LogP contribution >= 0.6 is 15.9 Å². The average Bonchev–Trinajstić information content (AvgIpc) is 2.34. The second-order valence-corrected chi connectivity index (χ2v) is 6.82. The van der Waals surface area contributed by atoms with Gasteiger partial charge in [-0.25, -0.2) is 13.1 Å². The Labute approximate surface area is 117 Å². The van der Waals surface area contributed by atoms with Gasteiger partial charge in [0.05, 0.1) is 5.75 Å². The second-order valence-electron chi connectivity index (χ2n) is 4.04. The summed E-state index contributed by atoms with van der Waals surface area (Å²) in [6, 6.07) is 7.59. The van der Waals surface area contributed by atoms with Crippen LogP contribution in [0.5, 0.6) is 0 Å². The Morgan fingerprint density at radius 3 is 2.61 bits per heavy atom. The molecule has 0 fully saturated rings. The normalized spacial score (nSPS) is 11.7. The lowest BCUT2D eigenvalue weighted by molar-refractivity contribution is 0.575. The van der Waals surface area contributed by atoms with Gasteiger partial charge < -0.3 is 5.32 Å². The van der Waals surface area contributed by atoms with Gasteiger partial charge in [-0.15, -0.1) is 0 Å². The molecule has 1 aromatic carbocycles. The summed E-state index contributed by atoms with van der Waals surface area (Å²) in [6.07, 6.45) is 1.54. The first-order valence-electron chi connectivity index (χ1n) is 5.90. The van der Waals surface area contributed by atoms with Crippen molar-refractivity contribution in [2.24, 2.45) is 0 Å². The molecule has 102 valence electrons. The third-order valence-corrected chi connectivity index (χ3v) is 4.71. The maximum atomic E-state index is 11.7. The van der Waals surface area contributed by atoms with Gasteiger partial charge in [-0.05, 0) is 38.1 Å². The summed E-state index contributed by atoms with van der Waals surface area (Å²) in [4.78, 5) is 0. The number of unbranched alkanes of at least 4 members (excludes halogenated alkanes) is 1. The van der Waals surface area contributed by atoms with Gasteiger partial charge >= 0.3 is 0 Å². The highest BCUT2D eigenvalue weighted by molar-refractivity contribution is 9.10. The minimum Gasteiger partial charge on any atom is -0.320 e. The number of benzene rings is 1. The highest BCUT2D eigenvalue weighted by Crippen LogP contribution is 2.15. The minimum atomic E-state index is -3.18. The monoisotopic (exact) mass is 334 g/mol. The van der Waals surface area contributed by atoms with Crippen LogP contribution in [0.15, 0.2) is 28.7 Å². The van der Waals surface area contributed by atoms with Crippen LogP contribution in [-0.2, 0) is 16.6 Å². The Balaban J connectivity index is 2.40. The van der Waals surface area contributed by atoms with Crippen molar-refractivity contribution in [3.63, 3.8) is 0 Å². The van der Waals surface area contributed by atoms with E-state index in [1.54, 1.807) is 0 Å². The molecule has 0 aliphatic carbocycles. The average molecular weight is 335 g/mol. The van der Waals surface area contributed by atoms with Crippen molar-refractivity contribution in [3.05, 3.63) is 34.3 Å². The lowest BCUT2D eigenvalue weighted by atomic mass is 10.2. The Hall–Kier alpha value is -0.430. The molecule has 0 radical (unpaired) electrons. The molecule has 0 aliphatic heterocycles. The molecule has 4 nitrogen and oxygen atoms in total. The zero-order chi connectivity index (χ0) is 13.4. The van der Waals surface area contributed by atoms with Gasteiger partial charge in [0.1, 0.15) is 0 Å². The molecule has 1 rings (SSSR count). The van der Waals surface area contributed by atoms with Crippen LogP contribution in [-0.4, -0.2) is 27.8 Å². The van der Waals surface area contributed by atoms with E-state index in [-0.39, 0.29) is 5.75 Å². The summed E-state index contributed by atoms with van der Waals surface area (Å²) in [6.45, 7) is 1.18. The summed E-state index contributed by atoms with van der Waals surface area (Å²) in [7, 11) is -1.31. The molecule has 0 unspecified atom stereocenters. The number of hydrogen-bond donors (Lipinski definition) is 2. The zero-order valence-corrected chi connectivity index (χ0v) is 12.9. The van der Waals surface area contributed by atoms with E-state index in [0.29, 0.717) is 13.0 Å². The Bertz CT molecular complexity index is 463. The molecule has 0 saturated carbocycles. The van der Waals surface area contributed by atoms with Gasteiger partial charge in [-0.2, -0.15) is 0 Å². The molecule has 0 aromatic heterocycles. The van der Waals surface area contributed by atoms with Crippen LogP contribution in [0.3, 0.4) is 0 Å². The lowest BCUT2D eigenvalue weighted by Crippen LogP contribution is -2.26.